The van der Waals surface area contributed by atoms with Crippen LogP contribution in [0.3, 0.4) is 0 Å². The normalized spacial score (nSPS) is 17.9. The molecule has 2 aromatic rings. The zero-order valence-corrected chi connectivity index (χ0v) is 13.9. The van der Waals surface area contributed by atoms with Crippen LogP contribution >= 0.6 is 0 Å². The fraction of sp³-hybridized carbons (Fsp3) is 0.278. The third-order valence-electron chi connectivity index (χ3n) is 4.11. The van der Waals surface area contributed by atoms with Gasteiger partial charge in [-0.05, 0) is 17.7 Å². The molecule has 0 aliphatic carbocycles. The predicted octanol–water partition coefficient (Wildman–Crippen LogP) is 0.940. The Bertz CT molecular complexity index is 775. The van der Waals surface area contributed by atoms with E-state index in [2.05, 4.69) is 10.6 Å². The van der Waals surface area contributed by atoms with Gasteiger partial charge >= 0.3 is 6.03 Å². The van der Waals surface area contributed by atoms with Gasteiger partial charge in [0.25, 0.3) is 5.91 Å². The number of hydrogen-bond donors (Lipinski definition) is 3. The molecule has 0 unspecified atom stereocenters. The van der Waals surface area contributed by atoms with E-state index in [1.807, 2.05) is 6.07 Å². The highest BCUT2D eigenvalue weighted by atomic mass is 16.3. The molecule has 0 radical (unpaired) electrons. The number of amides is 4. The number of furan rings is 1. The molecule has 1 aliphatic rings. The summed E-state index contributed by atoms with van der Waals surface area (Å²) in [5.74, 6) is -0.448. The van der Waals surface area contributed by atoms with Gasteiger partial charge in [-0.15, -0.1) is 0 Å². The summed E-state index contributed by atoms with van der Waals surface area (Å²) >= 11 is 0. The second kappa shape index (κ2) is 7.83. The number of hydrogen-bond acceptors (Lipinski definition) is 5. The van der Waals surface area contributed by atoms with Crippen LogP contribution in [0.25, 0.3) is 0 Å². The summed E-state index contributed by atoms with van der Waals surface area (Å²) in [5.41, 5.74) is 0.754. The van der Waals surface area contributed by atoms with Gasteiger partial charge in [0.2, 0.25) is 5.91 Å². The molecule has 26 heavy (non-hydrogen) atoms. The third kappa shape index (κ3) is 3.92. The first kappa shape index (κ1) is 17.7. The van der Waals surface area contributed by atoms with Crippen molar-refractivity contribution in [3.63, 3.8) is 0 Å². The largest absolute Gasteiger partial charge is 0.467 e. The average Bonchev–Trinajstić information content (AvgIpc) is 3.25. The predicted molar refractivity (Wildman–Crippen MR) is 90.6 cm³/mol. The van der Waals surface area contributed by atoms with Gasteiger partial charge in [-0.2, -0.15) is 0 Å². The van der Waals surface area contributed by atoms with Gasteiger partial charge in [0, 0.05) is 0 Å². The molecular weight excluding hydrogens is 338 g/mol. The first-order valence-electron chi connectivity index (χ1n) is 8.18. The summed E-state index contributed by atoms with van der Waals surface area (Å²) in [6.07, 6.45) is 1.25. The van der Waals surface area contributed by atoms with Crippen LogP contribution in [-0.2, 0) is 16.1 Å². The van der Waals surface area contributed by atoms with Crippen LogP contribution in [0.5, 0.6) is 0 Å². The zero-order valence-electron chi connectivity index (χ0n) is 13.9. The molecule has 2 heterocycles. The Kier molecular flexibility index (Phi) is 5.33. The molecule has 2 atom stereocenters. The van der Waals surface area contributed by atoms with Crippen molar-refractivity contribution in [1.29, 1.82) is 0 Å². The van der Waals surface area contributed by atoms with Gasteiger partial charge in [-0.1, -0.05) is 30.3 Å². The van der Waals surface area contributed by atoms with Crippen molar-refractivity contribution in [2.75, 3.05) is 6.61 Å². The molecule has 3 N–H and O–H groups in total. The maximum absolute atomic E-state index is 12.4. The second-order valence-corrected chi connectivity index (χ2v) is 5.92. The highest BCUT2D eigenvalue weighted by Gasteiger charge is 2.39. The topological polar surface area (TPSA) is 112 Å². The van der Waals surface area contributed by atoms with E-state index in [4.69, 9.17) is 4.42 Å². The average molecular weight is 357 g/mol. The maximum atomic E-state index is 12.4. The lowest BCUT2D eigenvalue weighted by Gasteiger charge is -2.17. The molecule has 1 aromatic carbocycles. The summed E-state index contributed by atoms with van der Waals surface area (Å²) in [5, 5.41) is 14.7. The summed E-state index contributed by atoms with van der Waals surface area (Å²) in [7, 11) is 0. The number of imide groups is 1. The van der Waals surface area contributed by atoms with Crippen molar-refractivity contribution < 1.29 is 23.9 Å². The Morgan fingerprint density at radius 2 is 2.00 bits per heavy atom. The summed E-state index contributed by atoms with van der Waals surface area (Å²) in [4.78, 5) is 37.6. The van der Waals surface area contributed by atoms with E-state index < -0.39 is 29.9 Å². The van der Waals surface area contributed by atoms with Crippen molar-refractivity contribution in [3.05, 3.63) is 60.1 Å². The molecule has 1 fully saturated rings. The molecular formula is C18H19N3O5. The Balaban J connectivity index is 1.59. The minimum Gasteiger partial charge on any atom is -0.467 e. The maximum Gasteiger partial charge on any atom is 0.325 e. The number of benzene rings is 1. The first-order chi connectivity index (χ1) is 12.6. The van der Waals surface area contributed by atoms with E-state index in [1.54, 1.807) is 36.4 Å². The van der Waals surface area contributed by atoms with E-state index in [1.165, 1.54) is 6.26 Å². The zero-order chi connectivity index (χ0) is 18.5. The molecule has 8 nitrogen and oxygen atoms in total. The van der Waals surface area contributed by atoms with Gasteiger partial charge < -0.3 is 20.2 Å². The van der Waals surface area contributed by atoms with Crippen LogP contribution in [0.2, 0.25) is 0 Å². The fourth-order valence-corrected chi connectivity index (χ4v) is 2.78. The number of aliphatic hydroxyl groups excluding tert-OH is 1. The van der Waals surface area contributed by atoms with Gasteiger partial charge in [0.05, 0.1) is 31.9 Å². The van der Waals surface area contributed by atoms with E-state index in [9.17, 15) is 19.5 Å². The van der Waals surface area contributed by atoms with E-state index in [0.717, 1.165) is 10.5 Å². The highest BCUT2D eigenvalue weighted by molar-refractivity contribution is 6.05. The summed E-state index contributed by atoms with van der Waals surface area (Å²) in [6.45, 7) is -0.260. The fourth-order valence-electron chi connectivity index (χ4n) is 2.78. The summed E-state index contributed by atoms with van der Waals surface area (Å²) < 4.78 is 5.14. The Labute approximate surface area is 149 Å². The molecule has 3 rings (SSSR count). The highest BCUT2D eigenvalue weighted by Crippen LogP contribution is 2.16. The number of carbonyl (C=O) groups is 3. The van der Waals surface area contributed by atoms with Crippen molar-refractivity contribution >= 4 is 17.8 Å². The van der Waals surface area contributed by atoms with Crippen LogP contribution < -0.4 is 10.6 Å². The van der Waals surface area contributed by atoms with E-state index in [0.29, 0.717) is 5.76 Å². The van der Waals surface area contributed by atoms with Crippen molar-refractivity contribution in [2.45, 2.75) is 25.0 Å². The smallest absolute Gasteiger partial charge is 0.325 e. The number of nitrogens with one attached hydrogen (secondary N) is 2. The lowest BCUT2D eigenvalue weighted by Crippen LogP contribution is -2.38. The Morgan fingerprint density at radius 3 is 2.65 bits per heavy atom. The van der Waals surface area contributed by atoms with Crippen LogP contribution in [-0.4, -0.2) is 40.5 Å². The van der Waals surface area contributed by atoms with Gasteiger partial charge in [-0.25, -0.2) is 4.79 Å². The second-order valence-electron chi connectivity index (χ2n) is 5.92. The van der Waals surface area contributed by atoms with E-state index in [-0.39, 0.29) is 19.6 Å². The number of rotatable bonds is 7. The third-order valence-corrected chi connectivity index (χ3v) is 4.11. The lowest BCUT2D eigenvalue weighted by molar-refractivity contribution is -0.131. The minimum atomic E-state index is -0.937. The van der Waals surface area contributed by atoms with Crippen molar-refractivity contribution in [3.8, 4) is 0 Å². The minimum absolute atomic E-state index is 0.0130. The van der Waals surface area contributed by atoms with Crippen LogP contribution in [0.15, 0.2) is 53.1 Å². The lowest BCUT2D eigenvalue weighted by atomic mass is 10.1. The molecule has 1 aliphatic heterocycles. The molecule has 1 aromatic heterocycles. The number of urea groups is 1. The molecule has 0 saturated carbocycles. The monoisotopic (exact) mass is 357 g/mol. The quantitative estimate of drug-likeness (QED) is 0.639. The molecule has 0 bridgehead atoms. The molecule has 0 spiro atoms. The van der Waals surface area contributed by atoms with Crippen molar-refractivity contribution in [1.82, 2.24) is 15.5 Å². The summed E-state index contributed by atoms with van der Waals surface area (Å²) in [6, 6.07) is 10.3. The molecule has 136 valence electrons. The van der Waals surface area contributed by atoms with Crippen LogP contribution in [0.1, 0.15) is 23.8 Å². The number of aliphatic hydroxyl groups is 1. The van der Waals surface area contributed by atoms with Crippen LogP contribution in [0, 0.1) is 0 Å². The number of nitrogens with zero attached hydrogens (tertiary/aromatic N) is 1. The van der Waals surface area contributed by atoms with Crippen molar-refractivity contribution in [2.24, 2.45) is 0 Å². The van der Waals surface area contributed by atoms with Gasteiger partial charge in [-0.3, -0.25) is 14.5 Å². The van der Waals surface area contributed by atoms with Crippen LogP contribution in [0.4, 0.5) is 4.79 Å². The Hall–Kier alpha value is -3.13. The van der Waals surface area contributed by atoms with E-state index >= 15 is 0 Å². The standard InChI is InChI=1S/C18H19N3O5/c22-11-15(12-5-2-1-3-6-12)19-16(23)9-14-17(24)21(18(25)20-14)10-13-7-4-8-26-13/h1-8,14-15,22H,9-11H2,(H,19,23)(H,20,25)/t14-,15-/m0/s1. The first-order valence-corrected chi connectivity index (χ1v) is 8.18. The number of carbonyl (C=O) groups excluding carboxylic acids is 3. The molecule has 4 amide bonds. The SMILES string of the molecule is O=C(C[C@@H]1NC(=O)N(Cc2ccco2)C1=O)N[C@@H](CO)c1ccccc1. The Morgan fingerprint density at radius 1 is 1.23 bits per heavy atom. The molecule has 1 saturated heterocycles. The van der Waals surface area contributed by atoms with Gasteiger partial charge in [0.15, 0.2) is 0 Å². The molecule has 8 heteroatoms. The van der Waals surface area contributed by atoms with Gasteiger partial charge in [0.1, 0.15) is 11.8 Å².